The third-order valence-corrected chi connectivity index (χ3v) is 2.86. The molecule has 0 saturated carbocycles. The van der Waals surface area contributed by atoms with E-state index in [0.29, 0.717) is 11.4 Å². The van der Waals surface area contributed by atoms with E-state index in [2.05, 4.69) is 10.7 Å². The summed E-state index contributed by atoms with van der Waals surface area (Å²) in [6, 6.07) is 14.9. The van der Waals surface area contributed by atoms with Crippen molar-refractivity contribution in [2.45, 2.75) is 0 Å². The van der Waals surface area contributed by atoms with E-state index in [1.165, 1.54) is 13.2 Å². The molecule has 0 aromatic heterocycles. The fraction of sp³-hybridized carbons (Fsp3) is 0.0625. The molecular formula is C16H15N3O4. The third-order valence-electron chi connectivity index (χ3n) is 2.86. The van der Waals surface area contributed by atoms with Gasteiger partial charge in [0.05, 0.1) is 7.11 Å². The number of hydrazine groups is 1. The molecule has 3 amide bonds. The highest BCUT2D eigenvalue weighted by Gasteiger charge is 2.15. The molecule has 0 aliphatic carbocycles. The van der Waals surface area contributed by atoms with Gasteiger partial charge in [0, 0.05) is 11.3 Å². The Morgan fingerprint density at radius 2 is 1.61 bits per heavy atom. The quantitative estimate of drug-likeness (QED) is 0.584. The number of methoxy groups -OCH3 is 1. The molecule has 0 bridgehead atoms. The van der Waals surface area contributed by atoms with Gasteiger partial charge in [-0.1, -0.05) is 24.3 Å². The van der Waals surface area contributed by atoms with Crippen LogP contribution in [0.3, 0.4) is 0 Å². The molecule has 7 heteroatoms. The van der Waals surface area contributed by atoms with Gasteiger partial charge in [0.15, 0.2) is 0 Å². The zero-order chi connectivity index (χ0) is 16.7. The Bertz CT molecular complexity index is 716. The van der Waals surface area contributed by atoms with Crippen LogP contribution < -0.4 is 20.9 Å². The van der Waals surface area contributed by atoms with E-state index in [0.717, 1.165) is 0 Å². The van der Waals surface area contributed by atoms with Crippen molar-refractivity contribution in [3.8, 4) is 5.75 Å². The highest BCUT2D eigenvalue weighted by molar-refractivity contribution is 6.39. The van der Waals surface area contributed by atoms with Crippen LogP contribution in [0.2, 0.25) is 0 Å². The Morgan fingerprint density at radius 1 is 0.870 bits per heavy atom. The van der Waals surface area contributed by atoms with Gasteiger partial charge in [0.25, 0.3) is 5.91 Å². The molecule has 0 atom stereocenters. The van der Waals surface area contributed by atoms with Crippen molar-refractivity contribution in [1.29, 1.82) is 0 Å². The Kier molecular flexibility index (Phi) is 5.30. The molecule has 0 heterocycles. The Morgan fingerprint density at radius 3 is 2.30 bits per heavy atom. The van der Waals surface area contributed by atoms with Crippen molar-refractivity contribution >= 4 is 23.4 Å². The molecule has 2 aromatic carbocycles. The van der Waals surface area contributed by atoms with Crippen LogP contribution in [0.4, 0.5) is 5.69 Å². The van der Waals surface area contributed by atoms with Gasteiger partial charge in [0.1, 0.15) is 5.75 Å². The van der Waals surface area contributed by atoms with E-state index in [-0.39, 0.29) is 5.56 Å². The van der Waals surface area contributed by atoms with Crippen molar-refractivity contribution in [1.82, 2.24) is 10.9 Å². The topological polar surface area (TPSA) is 96.5 Å². The Balaban J connectivity index is 1.88. The third kappa shape index (κ3) is 4.57. The van der Waals surface area contributed by atoms with Gasteiger partial charge in [-0.15, -0.1) is 0 Å². The number of hydrogen-bond acceptors (Lipinski definition) is 4. The molecule has 0 spiro atoms. The largest absolute Gasteiger partial charge is 0.497 e. The number of benzene rings is 2. The molecule has 118 valence electrons. The second kappa shape index (κ2) is 7.60. The highest BCUT2D eigenvalue weighted by atomic mass is 16.5. The van der Waals surface area contributed by atoms with Gasteiger partial charge in [-0.05, 0) is 30.3 Å². The number of amides is 3. The predicted octanol–water partition coefficient (Wildman–Crippen LogP) is 1.09. The van der Waals surface area contributed by atoms with E-state index in [1.54, 1.807) is 48.5 Å². The predicted molar refractivity (Wildman–Crippen MR) is 83.7 cm³/mol. The van der Waals surface area contributed by atoms with Gasteiger partial charge in [-0.3, -0.25) is 25.2 Å². The summed E-state index contributed by atoms with van der Waals surface area (Å²) in [4.78, 5) is 35.2. The zero-order valence-corrected chi connectivity index (χ0v) is 12.3. The molecule has 0 saturated heterocycles. The van der Waals surface area contributed by atoms with Crippen molar-refractivity contribution in [3.63, 3.8) is 0 Å². The number of hydrogen-bond donors (Lipinski definition) is 3. The molecule has 2 aromatic rings. The number of ether oxygens (including phenoxy) is 1. The smallest absolute Gasteiger partial charge is 0.328 e. The molecule has 0 aliphatic rings. The van der Waals surface area contributed by atoms with E-state index in [4.69, 9.17) is 4.74 Å². The molecule has 2 rings (SSSR count). The fourth-order valence-electron chi connectivity index (χ4n) is 1.72. The van der Waals surface area contributed by atoms with Crippen LogP contribution in [0.25, 0.3) is 0 Å². The lowest BCUT2D eigenvalue weighted by atomic mass is 10.2. The first-order chi connectivity index (χ1) is 11.1. The van der Waals surface area contributed by atoms with Crippen LogP contribution in [-0.2, 0) is 9.59 Å². The van der Waals surface area contributed by atoms with Crippen LogP contribution in [0.15, 0.2) is 54.6 Å². The van der Waals surface area contributed by atoms with E-state index in [1.807, 2.05) is 5.43 Å². The highest BCUT2D eigenvalue weighted by Crippen LogP contribution is 2.12. The Labute approximate surface area is 132 Å². The molecular weight excluding hydrogens is 298 g/mol. The van der Waals surface area contributed by atoms with E-state index < -0.39 is 17.7 Å². The first-order valence-corrected chi connectivity index (χ1v) is 6.71. The summed E-state index contributed by atoms with van der Waals surface area (Å²) in [7, 11) is 1.48. The minimum atomic E-state index is -0.981. The maximum absolute atomic E-state index is 11.9. The number of rotatable bonds is 3. The van der Waals surface area contributed by atoms with Gasteiger partial charge in [0.2, 0.25) is 0 Å². The molecule has 7 nitrogen and oxygen atoms in total. The minimum Gasteiger partial charge on any atom is -0.497 e. The molecule has 0 radical (unpaired) electrons. The van der Waals surface area contributed by atoms with E-state index >= 15 is 0 Å². The van der Waals surface area contributed by atoms with Gasteiger partial charge < -0.3 is 10.1 Å². The summed E-state index contributed by atoms with van der Waals surface area (Å²) in [5.74, 6) is -1.93. The lowest BCUT2D eigenvalue weighted by Gasteiger charge is -2.08. The maximum Gasteiger partial charge on any atom is 0.328 e. The average Bonchev–Trinajstić information content (AvgIpc) is 2.60. The number of anilines is 1. The Hall–Kier alpha value is -3.35. The first-order valence-electron chi connectivity index (χ1n) is 6.71. The molecule has 3 N–H and O–H groups in total. The van der Waals surface area contributed by atoms with Gasteiger partial charge in [-0.2, -0.15) is 0 Å². The second-order valence-electron chi connectivity index (χ2n) is 4.46. The number of nitrogens with one attached hydrogen (secondary N) is 3. The SMILES string of the molecule is COc1cccc(C(=O)NNC(=O)C(=O)Nc2ccccc2)c1. The summed E-state index contributed by atoms with van der Waals surface area (Å²) in [6.45, 7) is 0. The molecule has 0 unspecified atom stereocenters. The number of carbonyl (C=O) groups is 3. The van der Waals surface area contributed by atoms with Crippen molar-refractivity contribution in [2.75, 3.05) is 12.4 Å². The van der Waals surface area contributed by atoms with Gasteiger partial charge in [-0.25, -0.2) is 0 Å². The summed E-state index contributed by atoms with van der Waals surface area (Å²) in [6.07, 6.45) is 0. The maximum atomic E-state index is 11.9. The van der Waals surface area contributed by atoms with Crippen LogP contribution in [0.1, 0.15) is 10.4 Å². The summed E-state index contributed by atoms with van der Waals surface area (Å²) < 4.78 is 5.00. The first kappa shape index (κ1) is 16.0. The summed E-state index contributed by atoms with van der Waals surface area (Å²) in [5.41, 5.74) is 4.97. The standard InChI is InChI=1S/C16H15N3O4/c1-23-13-9-5-6-11(10-13)14(20)18-19-16(22)15(21)17-12-7-3-2-4-8-12/h2-10H,1H3,(H,17,21)(H,18,20)(H,19,22). The zero-order valence-electron chi connectivity index (χ0n) is 12.3. The lowest BCUT2D eigenvalue weighted by molar-refractivity contribution is -0.136. The van der Waals surface area contributed by atoms with Crippen LogP contribution in [0.5, 0.6) is 5.75 Å². The normalized spacial score (nSPS) is 9.61. The van der Waals surface area contributed by atoms with Crippen LogP contribution in [-0.4, -0.2) is 24.8 Å². The van der Waals surface area contributed by atoms with Crippen LogP contribution >= 0.6 is 0 Å². The summed E-state index contributed by atoms with van der Waals surface area (Å²) in [5, 5.41) is 2.40. The second-order valence-corrected chi connectivity index (χ2v) is 4.46. The number of carbonyl (C=O) groups excluding carboxylic acids is 3. The van der Waals surface area contributed by atoms with Crippen molar-refractivity contribution in [2.24, 2.45) is 0 Å². The monoisotopic (exact) mass is 313 g/mol. The van der Waals surface area contributed by atoms with Crippen LogP contribution in [0, 0.1) is 0 Å². The fourth-order valence-corrected chi connectivity index (χ4v) is 1.72. The van der Waals surface area contributed by atoms with E-state index in [9.17, 15) is 14.4 Å². The van der Waals surface area contributed by atoms with Gasteiger partial charge >= 0.3 is 11.8 Å². The van der Waals surface area contributed by atoms with Crippen molar-refractivity contribution < 1.29 is 19.1 Å². The molecule has 0 aliphatic heterocycles. The van der Waals surface area contributed by atoms with Crippen molar-refractivity contribution in [3.05, 3.63) is 60.2 Å². The summed E-state index contributed by atoms with van der Waals surface area (Å²) >= 11 is 0. The average molecular weight is 313 g/mol. The minimum absolute atomic E-state index is 0.285. The molecule has 23 heavy (non-hydrogen) atoms. The number of para-hydroxylation sites is 1. The lowest BCUT2D eigenvalue weighted by Crippen LogP contribution is -2.46. The molecule has 0 fully saturated rings.